The van der Waals surface area contributed by atoms with Crippen molar-refractivity contribution in [2.75, 3.05) is 13.7 Å². The van der Waals surface area contributed by atoms with Crippen molar-refractivity contribution in [3.05, 3.63) is 46.7 Å². The third kappa shape index (κ3) is 3.63. The number of hydrogen-bond donors (Lipinski definition) is 1. The van der Waals surface area contributed by atoms with E-state index in [1.165, 1.54) is 25.3 Å². The van der Waals surface area contributed by atoms with Crippen LogP contribution in [0.4, 0.5) is 0 Å². The first-order valence-electron chi connectivity index (χ1n) is 6.81. The number of nitrogens with one attached hydrogen (secondary N) is 1. The Morgan fingerprint density at radius 3 is 2.36 bits per heavy atom. The predicted molar refractivity (Wildman–Crippen MR) is 87.1 cm³/mol. The summed E-state index contributed by atoms with van der Waals surface area (Å²) in [5.41, 5.74) is 2.20. The van der Waals surface area contributed by atoms with Crippen molar-refractivity contribution in [1.82, 2.24) is 9.29 Å². The van der Waals surface area contributed by atoms with E-state index in [2.05, 4.69) is 9.29 Å². The molecule has 0 aliphatic rings. The Morgan fingerprint density at radius 2 is 1.82 bits per heavy atom. The lowest BCUT2D eigenvalue weighted by atomic mass is 10.3. The van der Waals surface area contributed by atoms with Gasteiger partial charge in [0.05, 0.1) is 17.0 Å². The first-order chi connectivity index (χ1) is 10.3. The largest absolute Gasteiger partial charge is 0.495 e. The lowest BCUT2D eigenvalue weighted by Crippen LogP contribution is -2.27. The number of rotatable bonds is 6. The summed E-state index contributed by atoms with van der Waals surface area (Å²) in [7, 11) is -2.11. The molecule has 0 aliphatic carbocycles. The van der Waals surface area contributed by atoms with E-state index in [1.807, 2.05) is 26.0 Å². The van der Waals surface area contributed by atoms with E-state index < -0.39 is 10.0 Å². The van der Waals surface area contributed by atoms with Crippen molar-refractivity contribution >= 4 is 21.6 Å². The normalized spacial score (nSPS) is 11.6. The summed E-state index contributed by atoms with van der Waals surface area (Å²) in [4.78, 5) is 0.124. The zero-order chi connectivity index (χ0) is 16.3. The Balaban J connectivity index is 2.07. The average molecular weight is 343 g/mol. The molecule has 5 nitrogen and oxygen atoms in total. The smallest absolute Gasteiger partial charge is 0.240 e. The van der Waals surface area contributed by atoms with E-state index in [4.69, 9.17) is 16.3 Å². The predicted octanol–water partition coefficient (Wildman–Crippen LogP) is 2.75. The van der Waals surface area contributed by atoms with Crippen LogP contribution in [0.3, 0.4) is 0 Å². The zero-order valence-electron chi connectivity index (χ0n) is 12.8. The maximum absolute atomic E-state index is 12.3. The van der Waals surface area contributed by atoms with Crippen LogP contribution in [0.25, 0.3) is 0 Å². The summed E-state index contributed by atoms with van der Waals surface area (Å²) in [6.07, 6.45) is 0. The van der Waals surface area contributed by atoms with Gasteiger partial charge in [-0.15, -0.1) is 0 Å². The quantitative estimate of drug-likeness (QED) is 0.878. The van der Waals surface area contributed by atoms with Gasteiger partial charge in [-0.2, -0.15) is 0 Å². The molecule has 0 bridgehead atoms. The van der Waals surface area contributed by atoms with Gasteiger partial charge < -0.3 is 9.30 Å². The van der Waals surface area contributed by atoms with Crippen LogP contribution in [0.2, 0.25) is 5.02 Å². The number of ether oxygens (including phenoxy) is 1. The highest BCUT2D eigenvalue weighted by atomic mass is 35.5. The Kier molecular flexibility index (Phi) is 5.16. The van der Waals surface area contributed by atoms with Crippen LogP contribution in [0.1, 0.15) is 11.4 Å². The van der Waals surface area contributed by atoms with Gasteiger partial charge in [0.1, 0.15) is 5.75 Å². The van der Waals surface area contributed by atoms with E-state index in [0.29, 0.717) is 18.8 Å². The molecule has 0 saturated carbocycles. The van der Waals surface area contributed by atoms with Crippen LogP contribution in [0.15, 0.2) is 35.2 Å². The van der Waals surface area contributed by atoms with Gasteiger partial charge in [0.2, 0.25) is 10.0 Å². The second-order valence-electron chi connectivity index (χ2n) is 4.96. The van der Waals surface area contributed by atoms with Crippen LogP contribution in [-0.4, -0.2) is 26.6 Å². The number of halogens is 1. The van der Waals surface area contributed by atoms with E-state index >= 15 is 0 Å². The van der Waals surface area contributed by atoms with Gasteiger partial charge in [0.25, 0.3) is 0 Å². The highest BCUT2D eigenvalue weighted by Crippen LogP contribution is 2.26. The number of sulfonamides is 1. The van der Waals surface area contributed by atoms with Crippen molar-refractivity contribution in [2.45, 2.75) is 25.3 Å². The summed E-state index contributed by atoms with van der Waals surface area (Å²) >= 11 is 5.97. The van der Waals surface area contributed by atoms with Crippen LogP contribution >= 0.6 is 11.6 Å². The molecule has 0 saturated heterocycles. The molecule has 0 atom stereocenters. The Bertz CT molecular complexity index is 750. The maximum Gasteiger partial charge on any atom is 0.240 e. The molecule has 0 amide bonds. The summed E-state index contributed by atoms with van der Waals surface area (Å²) in [5.74, 6) is 0.444. The van der Waals surface area contributed by atoms with E-state index in [0.717, 1.165) is 11.4 Å². The fourth-order valence-corrected chi connectivity index (χ4v) is 3.61. The Labute approximate surface area is 135 Å². The van der Waals surface area contributed by atoms with Gasteiger partial charge in [-0.25, -0.2) is 13.1 Å². The van der Waals surface area contributed by atoms with Crippen molar-refractivity contribution in [3.8, 4) is 5.75 Å². The number of aryl methyl sites for hydroxylation is 2. The highest BCUT2D eigenvalue weighted by molar-refractivity contribution is 7.89. The molecule has 1 heterocycles. The third-order valence-electron chi connectivity index (χ3n) is 3.48. The number of nitrogens with zero attached hydrogens (tertiary/aromatic N) is 1. The summed E-state index contributed by atoms with van der Waals surface area (Å²) in [5, 5.41) is 0.266. The molecule has 1 N–H and O–H groups in total. The first kappa shape index (κ1) is 16.9. The molecule has 0 spiro atoms. The third-order valence-corrected chi connectivity index (χ3v) is 5.23. The van der Waals surface area contributed by atoms with Crippen molar-refractivity contribution < 1.29 is 13.2 Å². The molecule has 22 heavy (non-hydrogen) atoms. The molecule has 2 rings (SSSR count). The summed E-state index contributed by atoms with van der Waals surface area (Å²) in [6, 6.07) is 8.41. The molecular weight excluding hydrogens is 324 g/mol. The van der Waals surface area contributed by atoms with Gasteiger partial charge in [0.15, 0.2) is 0 Å². The number of hydrogen-bond acceptors (Lipinski definition) is 3. The molecule has 120 valence electrons. The number of aromatic nitrogens is 1. The minimum Gasteiger partial charge on any atom is -0.495 e. The number of methoxy groups -OCH3 is 1. The monoisotopic (exact) mass is 342 g/mol. The molecule has 7 heteroatoms. The zero-order valence-corrected chi connectivity index (χ0v) is 14.3. The second kappa shape index (κ2) is 6.73. The standard InChI is InChI=1S/C15H19ClN2O3S/c1-11-4-5-12(2)18(11)9-8-17-22(19,20)13-6-7-15(21-3)14(16)10-13/h4-7,10,17H,8-9H2,1-3H3. The molecule has 0 aliphatic heterocycles. The lowest BCUT2D eigenvalue weighted by Gasteiger charge is -2.11. The summed E-state index contributed by atoms with van der Waals surface area (Å²) in [6.45, 7) is 4.87. The van der Waals surface area contributed by atoms with E-state index in [1.54, 1.807) is 0 Å². The van der Waals surface area contributed by atoms with Crippen molar-refractivity contribution in [1.29, 1.82) is 0 Å². The van der Waals surface area contributed by atoms with Gasteiger partial charge in [-0.3, -0.25) is 0 Å². The van der Waals surface area contributed by atoms with Crippen LogP contribution in [-0.2, 0) is 16.6 Å². The van der Waals surface area contributed by atoms with Gasteiger partial charge in [0, 0.05) is 24.5 Å². The van der Waals surface area contributed by atoms with E-state index in [-0.39, 0.29) is 9.92 Å². The minimum atomic E-state index is -3.59. The SMILES string of the molecule is COc1ccc(S(=O)(=O)NCCn2c(C)ccc2C)cc1Cl. The fraction of sp³-hybridized carbons (Fsp3) is 0.333. The Hall–Kier alpha value is -1.50. The molecule has 0 radical (unpaired) electrons. The lowest BCUT2D eigenvalue weighted by molar-refractivity contribution is 0.414. The van der Waals surface area contributed by atoms with Crippen LogP contribution in [0, 0.1) is 13.8 Å². The first-order valence-corrected chi connectivity index (χ1v) is 8.67. The minimum absolute atomic E-state index is 0.124. The highest BCUT2D eigenvalue weighted by Gasteiger charge is 2.15. The average Bonchev–Trinajstić information content (AvgIpc) is 2.78. The van der Waals surface area contributed by atoms with Crippen molar-refractivity contribution in [2.24, 2.45) is 0 Å². The molecule has 1 aromatic carbocycles. The molecule has 1 aromatic heterocycles. The molecule has 2 aromatic rings. The van der Waals surface area contributed by atoms with E-state index in [9.17, 15) is 8.42 Å². The molecular formula is C15H19ClN2O3S. The summed E-state index contributed by atoms with van der Waals surface area (Å²) < 4.78 is 34.2. The van der Waals surface area contributed by atoms with Crippen LogP contribution < -0.4 is 9.46 Å². The topological polar surface area (TPSA) is 60.3 Å². The molecule has 0 unspecified atom stereocenters. The van der Waals surface area contributed by atoms with Gasteiger partial charge >= 0.3 is 0 Å². The molecule has 0 fully saturated rings. The van der Waals surface area contributed by atoms with Gasteiger partial charge in [-0.1, -0.05) is 11.6 Å². The number of benzene rings is 1. The maximum atomic E-state index is 12.3. The Morgan fingerprint density at radius 1 is 1.18 bits per heavy atom. The van der Waals surface area contributed by atoms with Crippen LogP contribution in [0.5, 0.6) is 5.75 Å². The fourth-order valence-electron chi connectivity index (χ4n) is 2.24. The van der Waals surface area contributed by atoms with Gasteiger partial charge in [-0.05, 0) is 44.2 Å². The second-order valence-corrected chi connectivity index (χ2v) is 7.14. The van der Waals surface area contributed by atoms with Crippen molar-refractivity contribution in [3.63, 3.8) is 0 Å².